The Morgan fingerprint density at radius 3 is 2.70 bits per heavy atom. The van der Waals surface area contributed by atoms with Crippen LogP contribution in [0.25, 0.3) is 0 Å². The molecule has 1 aliphatic rings. The molecule has 1 aliphatic heterocycles. The Morgan fingerprint density at radius 2 is 2.10 bits per heavy atom. The fourth-order valence-corrected chi connectivity index (χ4v) is 3.06. The van der Waals surface area contributed by atoms with Gasteiger partial charge in [-0.1, -0.05) is 0 Å². The Morgan fingerprint density at radius 1 is 1.30 bits per heavy atom. The number of aliphatic imine (C=N–C) groups is 1. The number of ether oxygens (including phenoxy) is 1. The second-order valence-corrected chi connectivity index (χ2v) is 6.75. The van der Waals surface area contributed by atoms with Gasteiger partial charge in [-0.3, -0.25) is 9.79 Å². The van der Waals surface area contributed by atoms with Crippen LogP contribution in [0, 0.1) is 5.82 Å². The Hall–Kier alpha value is -3.24. The summed E-state index contributed by atoms with van der Waals surface area (Å²) in [4.78, 5) is 23.6. The highest BCUT2D eigenvalue weighted by atomic mass is 19.2. The minimum Gasteiger partial charge on any atom is -0.480 e. The van der Waals surface area contributed by atoms with E-state index in [1.54, 1.807) is 0 Å². The predicted octanol–water partition coefficient (Wildman–Crippen LogP) is 2.87. The number of rotatable bonds is 6. The molecule has 30 heavy (non-hydrogen) atoms. The van der Waals surface area contributed by atoms with Crippen LogP contribution in [0.1, 0.15) is 33.0 Å². The van der Waals surface area contributed by atoms with Gasteiger partial charge in [0.25, 0.3) is 5.91 Å². The van der Waals surface area contributed by atoms with Crippen LogP contribution in [0.3, 0.4) is 0 Å². The fourth-order valence-electron chi connectivity index (χ4n) is 3.06. The molecule has 2 atom stereocenters. The van der Waals surface area contributed by atoms with Crippen LogP contribution in [0.4, 0.5) is 23.2 Å². The number of carbonyl (C=O) groups is 1. The van der Waals surface area contributed by atoms with E-state index in [0.29, 0.717) is 0 Å². The van der Waals surface area contributed by atoms with E-state index in [1.165, 1.54) is 6.07 Å². The summed E-state index contributed by atoms with van der Waals surface area (Å²) in [6.07, 6.45) is 1.05. The summed E-state index contributed by atoms with van der Waals surface area (Å²) < 4.78 is 81.6. The lowest BCUT2D eigenvalue weighted by Crippen LogP contribution is -2.49. The quantitative estimate of drug-likeness (QED) is 0.689. The molecule has 0 bridgehead atoms. The zero-order chi connectivity index (χ0) is 24.4. The van der Waals surface area contributed by atoms with Crippen LogP contribution in [-0.2, 0) is 5.54 Å². The van der Waals surface area contributed by atoms with Gasteiger partial charge in [-0.05, 0) is 31.0 Å². The topological polar surface area (TPSA) is 102 Å². The SMILES string of the molecule is [2H]C([2H])([2H])Oc1cnc(C(=O)Nc2ccc(F)c([C@]3(CF)CC[C@@](F)(CF)C(N)=N3)c2)cn1. The number of hydrogen-bond donors (Lipinski definition) is 2. The number of halogens is 4. The second kappa shape index (κ2) is 8.25. The van der Waals surface area contributed by atoms with Gasteiger partial charge in [0.15, 0.2) is 5.67 Å². The number of benzene rings is 1. The van der Waals surface area contributed by atoms with Crippen molar-refractivity contribution >= 4 is 17.4 Å². The van der Waals surface area contributed by atoms with Crippen LogP contribution in [0.15, 0.2) is 35.6 Å². The minimum atomic E-state index is -2.74. The van der Waals surface area contributed by atoms with Crippen molar-refractivity contribution in [3.63, 3.8) is 0 Å². The van der Waals surface area contributed by atoms with Crippen molar-refractivity contribution in [1.82, 2.24) is 9.97 Å². The van der Waals surface area contributed by atoms with Crippen molar-refractivity contribution in [3.05, 3.63) is 47.7 Å². The van der Waals surface area contributed by atoms with Gasteiger partial charge in [-0.25, -0.2) is 27.5 Å². The molecule has 1 aromatic carbocycles. The lowest BCUT2D eigenvalue weighted by atomic mass is 9.80. The Bertz CT molecular complexity index is 1070. The molecule has 3 rings (SSSR count). The molecular formula is C19H19F4N5O2. The molecule has 0 aliphatic carbocycles. The molecule has 3 N–H and O–H groups in total. The monoisotopic (exact) mass is 428 g/mol. The zero-order valence-corrected chi connectivity index (χ0v) is 15.5. The molecule has 7 nitrogen and oxygen atoms in total. The number of anilines is 1. The van der Waals surface area contributed by atoms with Crippen LogP contribution >= 0.6 is 0 Å². The van der Waals surface area contributed by atoms with Crippen molar-refractivity contribution in [1.29, 1.82) is 0 Å². The van der Waals surface area contributed by atoms with E-state index < -0.39 is 55.6 Å². The van der Waals surface area contributed by atoms with Crippen molar-refractivity contribution in [2.24, 2.45) is 10.7 Å². The van der Waals surface area contributed by atoms with Crippen LogP contribution in [-0.4, -0.2) is 47.8 Å². The molecule has 1 aromatic heterocycles. The minimum absolute atomic E-state index is 0.0326. The summed E-state index contributed by atoms with van der Waals surface area (Å²) in [7, 11) is -2.74. The fraction of sp³-hybridized carbons (Fsp3) is 0.368. The number of nitrogens with two attached hydrogens (primary N) is 1. The van der Waals surface area contributed by atoms with Gasteiger partial charge in [-0.15, -0.1) is 0 Å². The van der Waals surface area contributed by atoms with Gasteiger partial charge >= 0.3 is 0 Å². The maximum Gasteiger partial charge on any atom is 0.275 e. The number of amides is 1. The van der Waals surface area contributed by atoms with Crippen molar-refractivity contribution < 1.29 is 31.2 Å². The number of carbonyl (C=O) groups excluding carboxylic acids is 1. The van der Waals surface area contributed by atoms with Gasteiger partial charge < -0.3 is 15.8 Å². The van der Waals surface area contributed by atoms with E-state index in [0.717, 1.165) is 24.5 Å². The molecule has 0 spiro atoms. The first-order valence-corrected chi connectivity index (χ1v) is 8.70. The van der Waals surface area contributed by atoms with Crippen molar-refractivity contribution in [2.75, 3.05) is 25.7 Å². The average molecular weight is 428 g/mol. The Labute approximate surface area is 173 Å². The summed E-state index contributed by atoms with van der Waals surface area (Å²) in [6, 6.07) is 3.27. The molecule has 0 saturated heterocycles. The zero-order valence-electron chi connectivity index (χ0n) is 18.5. The van der Waals surface area contributed by atoms with E-state index in [1.807, 2.05) is 0 Å². The normalized spacial score (nSPS) is 25.5. The predicted molar refractivity (Wildman–Crippen MR) is 101 cm³/mol. The number of hydrogen-bond acceptors (Lipinski definition) is 6. The first kappa shape index (κ1) is 17.6. The number of alkyl halides is 3. The summed E-state index contributed by atoms with van der Waals surface area (Å²) in [6.45, 7) is -2.68. The van der Waals surface area contributed by atoms with Crippen molar-refractivity contribution in [3.8, 4) is 5.88 Å². The smallest absolute Gasteiger partial charge is 0.275 e. The van der Waals surface area contributed by atoms with E-state index in [2.05, 4.69) is 25.0 Å². The van der Waals surface area contributed by atoms with Crippen LogP contribution in [0.2, 0.25) is 0 Å². The molecule has 0 unspecified atom stereocenters. The lowest BCUT2D eigenvalue weighted by molar-refractivity contribution is 0.102. The number of aromatic nitrogens is 2. The highest BCUT2D eigenvalue weighted by Gasteiger charge is 2.47. The molecule has 0 fully saturated rings. The van der Waals surface area contributed by atoms with Gasteiger partial charge in [0.05, 0.1) is 23.5 Å². The number of methoxy groups -OCH3 is 1. The van der Waals surface area contributed by atoms with E-state index in [-0.39, 0.29) is 29.2 Å². The molecule has 11 heteroatoms. The molecule has 0 saturated carbocycles. The van der Waals surface area contributed by atoms with Gasteiger partial charge in [0, 0.05) is 11.3 Å². The van der Waals surface area contributed by atoms with Gasteiger partial charge in [0.1, 0.15) is 36.2 Å². The van der Waals surface area contributed by atoms with Gasteiger partial charge in [-0.2, -0.15) is 0 Å². The Balaban J connectivity index is 1.85. The van der Waals surface area contributed by atoms with E-state index in [9.17, 15) is 22.4 Å². The van der Waals surface area contributed by atoms with Crippen LogP contribution in [0.5, 0.6) is 5.88 Å². The van der Waals surface area contributed by atoms with Crippen LogP contribution < -0.4 is 15.8 Å². The third-order valence-electron chi connectivity index (χ3n) is 4.85. The summed E-state index contributed by atoms with van der Waals surface area (Å²) in [5.74, 6) is -2.76. The lowest BCUT2D eigenvalue weighted by Gasteiger charge is -2.37. The van der Waals surface area contributed by atoms with Crippen molar-refractivity contribution in [2.45, 2.75) is 24.0 Å². The maximum absolute atomic E-state index is 14.6. The summed E-state index contributed by atoms with van der Waals surface area (Å²) in [5, 5.41) is 2.42. The molecule has 2 aromatic rings. The molecule has 160 valence electrons. The molecular weight excluding hydrogens is 406 g/mol. The standard InChI is InChI=1S/C19H19F4N5O2/c1-30-15-8-25-14(7-26-15)16(29)27-11-2-3-13(22)12(6-11)19(10-21)5-4-18(23,9-20)17(24)28-19/h2-3,6-8H,4-5,9-10H2,1H3,(H2,24,28)(H,27,29)/t18-,19-/m1/s1/i1D3. The largest absolute Gasteiger partial charge is 0.480 e. The second-order valence-electron chi connectivity index (χ2n) is 6.75. The average Bonchev–Trinajstić information content (AvgIpc) is 2.76. The van der Waals surface area contributed by atoms with Gasteiger partial charge in [0.2, 0.25) is 5.88 Å². The number of nitrogens with one attached hydrogen (secondary N) is 1. The number of nitrogens with zero attached hydrogens (tertiary/aromatic N) is 3. The van der Waals surface area contributed by atoms with E-state index >= 15 is 0 Å². The number of amidine groups is 1. The molecule has 2 heterocycles. The first-order valence-electron chi connectivity index (χ1n) is 10.2. The highest BCUT2D eigenvalue weighted by molar-refractivity contribution is 6.02. The summed E-state index contributed by atoms with van der Waals surface area (Å²) >= 11 is 0. The highest BCUT2D eigenvalue weighted by Crippen LogP contribution is 2.41. The third kappa shape index (κ3) is 3.91. The first-order chi connectivity index (χ1) is 15.4. The molecule has 0 radical (unpaired) electrons. The van der Waals surface area contributed by atoms with E-state index in [4.69, 9.17) is 9.85 Å². The Kier molecular flexibility index (Phi) is 4.84. The maximum atomic E-state index is 14.6. The summed E-state index contributed by atoms with van der Waals surface area (Å²) in [5.41, 5.74) is 0.617. The molecule has 1 amide bonds. The third-order valence-corrected chi connectivity index (χ3v) is 4.85.